The van der Waals surface area contributed by atoms with Crippen molar-refractivity contribution in [1.82, 2.24) is 0 Å². The van der Waals surface area contributed by atoms with E-state index >= 15 is 0 Å². The Balaban J connectivity index is 1.61. The number of aldehydes is 1. The molecule has 2 heterocycles. The van der Waals surface area contributed by atoms with Gasteiger partial charge in [-0.3, -0.25) is 9.71 Å². The lowest BCUT2D eigenvalue weighted by atomic mass is 9.87. The Morgan fingerprint density at radius 2 is 1.80 bits per heavy atom. The van der Waals surface area contributed by atoms with Gasteiger partial charge in [-0.05, 0) is 54.5 Å². The Kier molecular flexibility index (Phi) is 9.30. The first-order valence-corrected chi connectivity index (χ1v) is 15.2. The first kappa shape index (κ1) is 29.3. The second-order valence-corrected chi connectivity index (χ2v) is 12.7. The highest BCUT2D eigenvalue weighted by atomic mass is 32.2. The number of nitrogens with one attached hydrogen (secondary N) is 1. The van der Waals surface area contributed by atoms with Crippen molar-refractivity contribution in [2.24, 2.45) is 10.4 Å². The molecule has 0 amide bonds. The van der Waals surface area contributed by atoms with E-state index in [1.807, 2.05) is 30.4 Å². The summed E-state index contributed by atoms with van der Waals surface area (Å²) in [4.78, 5) is 16.1. The summed E-state index contributed by atoms with van der Waals surface area (Å²) < 4.78 is 36.0. The van der Waals surface area contributed by atoms with Gasteiger partial charge in [-0.2, -0.15) is 8.42 Å². The van der Waals surface area contributed by atoms with Crippen LogP contribution in [-0.4, -0.2) is 37.0 Å². The smallest absolute Gasteiger partial charge is 0.279 e. The van der Waals surface area contributed by atoms with E-state index in [9.17, 15) is 18.3 Å². The van der Waals surface area contributed by atoms with Crippen LogP contribution in [0.5, 0.6) is 0 Å². The Morgan fingerprint density at radius 1 is 1.07 bits per heavy atom. The number of nitrogens with zero attached hydrogens (tertiary/aromatic N) is 1. The third-order valence-corrected chi connectivity index (χ3v) is 8.29. The molecule has 2 atom stereocenters. The molecule has 7 nitrogen and oxygen atoms in total. The third-order valence-electron chi connectivity index (χ3n) is 7.02. The van der Waals surface area contributed by atoms with E-state index < -0.39 is 21.5 Å². The lowest BCUT2D eigenvalue weighted by molar-refractivity contribution is -0.114. The maximum atomic E-state index is 13.5. The van der Waals surface area contributed by atoms with Gasteiger partial charge in [0.25, 0.3) is 10.0 Å². The first-order chi connectivity index (χ1) is 19.1. The SMILES string of the molecule is CCCC1=CC=C([C@@H]2CC(O)=CC(S(=O)(=O)Nc3ccccc3CC(C)(C)C=O)=N2)C(CCc2ccccc2)O1. The van der Waals surface area contributed by atoms with E-state index in [1.54, 1.807) is 38.1 Å². The zero-order chi connectivity index (χ0) is 28.8. The number of hydrogen-bond acceptors (Lipinski definition) is 6. The second kappa shape index (κ2) is 12.7. The van der Waals surface area contributed by atoms with Crippen LogP contribution < -0.4 is 4.72 Å². The summed E-state index contributed by atoms with van der Waals surface area (Å²) in [5, 5.41) is 10.4. The van der Waals surface area contributed by atoms with Crippen molar-refractivity contribution < 1.29 is 23.1 Å². The van der Waals surface area contributed by atoms with Crippen molar-refractivity contribution in [3.05, 3.63) is 101 Å². The number of benzene rings is 2. The molecule has 0 fully saturated rings. The number of hydrogen-bond donors (Lipinski definition) is 2. The number of aryl methyl sites for hydroxylation is 1. The largest absolute Gasteiger partial charge is 0.512 e. The lowest BCUT2D eigenvalue weighted by Crippen LogP contribution is -2.32. The summed E-state index contributed by atoms with van der Waals surface area (Å²) in [6, 6.07) is 16.6. The fourth-order valence-corrected chi connectivity index (χ4v) is 6.10. The minimum atomic E-state index is -4.13. The van der Waals surface area contributed by atoms with Crippen LogP contribution in [0, 0.1) is 5.41 Å². The van der Waals surface area contributed by atoms with Crippen LogP contribution in [0.3, 0.4) is 0 Å². The Morgan fingerprint density at radius 3 is 2.52 bits per heavy atom. The van der Waals surface area contributed by atoms with Crippen molar-refractivity contribution in [2.75, 3.05) is 4.72 Å². The summed E-state index contributed by atoms with van der Waals surface area (Å²) >= 11 is 0. The topological polar surface area (TPSA) is 105 Å². The van der Waals surface area contributed by atoms with Crippen LogP contribution in [0.1, 0.15) is 57.6 Å². The van der Waals surface area contributed by atoms with Crippen LogP contribution in [-0.2, 0) is 32.4 Å². The number of rotatable bonds is 11. The first-order valence-electron chi connectivity index (χ1n) is 13.8. The van der Waals surface area contributed by atoms with Gasteiger partial charge in [0.15, 0.2) is 5.04 Å². The molecule has 0 bridgehead atoms. The van der Waals surface area contributed by atoms with Gasteiger partial charge in [-0.15, -0.1) is 0 Å². The molecule has 4 rings (SSSR count). The molecule has 2 aromatic carbocycles. The minimum Gasteiger partial charge on any atom is -0.512 e. The molecule has 0 radical (unpaired) electrons. The number of carbonyl (C=O) groups is 1. The number of allylic oxidation sites excluding steroid dienone is 3. The molecule has 0 aliphatic carbocycles. The maximum Gasteiger partial charge on any atom is 0.279 e. The Labute approximate surface area is 237 Å². The Bertz CT molecular complexity index is 1440. The summed E-state index contributed by atoms with van der Waals surface area (Å²) in [7, 11) is -4.13. The number of dihydropyridines is 1. The highest BCUT2D eigenvalue weighted by Gasteiger charge is 2.33. The van der Waals surface area contributed by atoms with Gasteiger partial charge in [-0.25, -0.2) is 0 Å². The highest BCUT2D eigenvalue weighted by molar-refractivity contribution is 8.07. The quantitative estimate of drug-likeness (QED) is 0.306. The number of aliphatic imine (C=N–C) groups is 1. The highest BCUT2D eigenvalue weighted by Crippen LogP contribution is 2.33. The van der Waals surface area contributed by atoms with Crippen LogP contribution in [0.25, 0.3) is 0 Å². The van der Waals surface area contributed by atoms with Gasteiger partial charge < -0.3 is 14.6 Å². The monoisotopic (exact) mass is 562 g/mol. The summed E-state index contributed by atoms with van der Waals surface area (Å²) in [5.41, 5.74) is 2.46. The standard InChI is InChI=1S/C32H38N2O5S/c1-4-10-26-16-17-27(30(39-26)18-15-23-11-6-5-7-12-23)29-19-25(36)20-31(33-29)40(37,38)34-28-14-9-8-13-24(28)21-32(2,3)22-35/h5-9,11-14,16-17,20,22,29-30,34,36H,4,10,15,18-19,21H2,1-3H3/t29-,30?/m0/s1. The van der Waals surface area contributed by atoms with E-state index in [0.717, 1.165) is 36.9 Å². The Hall–Kier alpha value is -3.65. The molecule has 1 unspecified atom stereocenters. The number of sulfonamides is 1. The number of carbonyl (C=O) groups excluding carboxylic acids is 1. The molecule has 2 aliphatic rings. The normalized spacial score (nSPS) is 19.5. The molecule has 0 saturated heterocycles. The maximum absolute atomic E-state index is 13.5. The summed E-state index contributed by atoms with van der Waals surface area (Å²) in [5.74, 6) is 0.843. The molecular weight excluding hydrogens is 524 g/mol. The molecule has 0 aromatic heterocycles. The summed E-state index contributed by atoms with van der Waals surface area (Å²) in [6.07, 6.45) is 9.51. The molecule has 0 saturated carbocycles. The fraction of sp³-hybridized carbons (Fsp3) is 0.375. The summed E-state index contributed by atoms with van der Waals surface area (Å²) in [6.45, 7) is 5.70. The average molecular weight is 563 g/mol. The van der Waals surface area contributed by atoms with Crippen molar-refractivity contribution in [3.63, 3.8) is 0 Å². The second-order valence-electron chi connectivity index (χ2n) is 11.0. The van der Waals surface area contributed by atoms with Crippen LogP contribution in [0.15, 0.2) is 94.9 Å². The molecule has 40 heavy (non-hydrogen) atoms. The van der Waals surface area contributed by atoms with Gasteiger partial charge in [0.1, 0.15) is 12.4 Å². The van der Waals surface area contributed by atoms with E-state index in [2.05, 4.69) is 28.8 Å². The molecule has 0 spiro atoms. The molecule has 2 aromatic rings. The van der Waals surface area contributed by atoms with Crippen molar-refractivity contribution in [1.29, 1.82) is 0 Å². The van der Waals surface area contributed by atoms with Crippen molar-refractivity contribution in [3.8, 4) is 0 Å². The molecular formula is C32H38N2O5S. The number of ether oxygens (including phenoxy) is 1. The van der Waals surface area contributed by atoms with Gasteiger partial charge in [0.05, 0.1) is 23.2 Å². The van der Waals surface area contributed by atoms with Crippen LogP contribution in [0.4, 0.5) is 5.69 Å². The van der Waals surface area contributed by atoms with Crippen molar-refractivity contribution >= 4 is 27.0 Å². The van der Waals surface area contributed by atoms with E-state index in [0.29, 0.717) is 24.1 Å². The van der Waals surface area contributed by atoms with Gasteiger partial charge >= 0.3 is 0 Å². The van der Waals surface area contributed by atoms with E-state index in [1.165, 1.54) is 11.6 Å². The van der Waals surface area contributed by atoms with Gasteiger partial charge in [0.2, 0.25) is 0 Å². The van der Waals surface area contributed by atoms with Crippen LogP contribution >= 0.6 is 0 Å². The predicted octanol–water partition coefficient (Wildman–Crippen LogP) is 6.45. The predicted molar refractivity (Wildman–Crippen MR) is 160 cm³/mol. The number of aliphatic hydroxyl groups excluding tert-OH is 1. The van der Waals surface area contributed by atoms with Gasteiger partial charge in [-0.1, -0.05) is 75.4 Å². The number of aliphatic hydroxyl groups is 1. The van der Waals surface area contributed by atoms with Crippen molar-refractivity contribution in [2.45, 2.75) is 71.4 Å². The molecule has 212 valence electrons. The van der Waals surface area contributed by atoms with E-state index in [-0.39, 0.29) is 23.3 Å². The van der Waals surface area contributed by atoms with E-state index in [4.69, 9.17) is 4.74 Å². The zero-order valence-electron chi connectivity index (χ0n) is 23.3. The third kappa shape index (κ3) is 7.50. The molecule has 2 aliphatic heterocycles. The fourth-order valence-electron chi connectivity index (χ4n) is 4.95. The minimum absolute atomic E-state index is 0.0539. The van der Waals surface area contributed by atoms with Crippen LogP contribution in [0.2, 0.25) is 0 Å². The average Bonchev–Trinajstić information content (AvgIpc) is 2.93. The number of anilines is 1. The number of para-hydroxylation sites is 1. The molecule has 8 heteroatoms. The van der Waals surface area contributed by atoms with Gasteiger partial charge in [0, 0.05) is 24.3 Å². The zero-order valence-corrected chi connectivity index (χ0v) is 24.2. The lowest BCUT2D eigenvalue weighted by Gasteiger charge is -2.31. The molecule has 2 N–H and O–H groups in total.